The maximum Gasteiger partial charge on any atom is 0.242 e. The maximum atomic E-state index is 12.7. The van der Waals surface area contributed by atoms with Gasteiger partial charge in [-0.3, -0.25) is 9.69 Å². The predicted molar refractivity (Wildman–Crippen MR) is 105 cm³/mol. The van der Waals surface area contributed by atoms with Crippen LogP contribution in [-0.2, 0) is 14.9 Å². The van der Waals surface area contributed by atoms with Crippen molar-refractivity contribution in [3.05, 3.63) is 27.9 Å². The predicted octanol–water partition coefficient (Wildman–Crippen LogP) is 3.53. The van der Waals surface area contributed by atoms with Crippen molar-refractivity contribution in [1.82, 2.24) is 15.0 Å². The van der Waals surface area contributed by atoms with Gasteiger partial charge >= 0.3 is 0 Å². The summed E-state index contributed by atoms with van der Waals surface area (Å²) in [5.74, 6) is 1.06. The molecule has 1 amide bonds. The van der Waals surface area contributed by atoms with E-state index in [1.165, 1.54) is 0 Å². The van der Waals surface area contributed by atoms with Crippen LogP contribution in [-0.4, -0.2) is 46.7 Å². The maximum absolute atomic E-state index is 12.7. The first kappa shape index (κ1) is 20.0. The Morgan fingerprint density at radius 1 is 1.48 bits per heavy atom. The van der Waals surface area contributed by atoms with Gasteiger partial charge in [0.2, 0.25) is 5.91 Å². The molecule has 0 aromatic carbocycles. The summed E-state index contributed by atoms with van der Waals surface area (Å²) in [4.78, 5) is 19.7. The fraction of sp³-hybridized carbons (Fsp3) is 0.632. The summed E-state index contributed by atoms with van der Waals surface area (Å²) < 4.78 is 11.0. The third kappa shape index (κ3) is 4.75. The number of carbonyl (C=O) groups excluding carboxylic acids is 1. The second kappa shape index (κ2) is 8.08. The van der Waals surface area contributed by atoms with Crippen LogP contribution in [0.5, 0.6) is 0 Å². The van der Waals surface area contributed by atoms with Crippen molar-refractivity contribution in [3.63, 3.8) is 0 Å². The molecule has 1 fully saturated rings. The molecule has 1 saturated heterocycles. The molecule has 2 atom stereocenters. The molecule has 7 nitrogen and oxygen atoms in total. The van der Waals surface area contributed by atoms with Crippen LogP contribution in [0.25, 0.3) is 0 Å². The molecule has 0 bridgehead atoms. The number of hydrogen-bond acceptors (Lipinski definition) is 7. The average Bonchev–Trinajstić information content (AvgIpc) is 3.25. The SMILES string of the molecule is CCC(C(=O)Nc1cc(C)on1)N1CCOC(c2nc(C(C)(C)C)cs2)C1. The zero-order chi connectivity index (χ0) is 19.6. The number of nitrogens with zero attached hydrogens (tertiary/aromatic N) is 3. The highest BCUT2D eigenvalue weighted by molar-refractivity contribution is 7.09. The van der Waals surface area contributed by atoms with Crippen LogP contribution < -0.4 is 5.32 Å². The van der Waals surface area contributed by atoms with Gasteiger partial charge in [-0.2, -0.15) is 0 Å². The van der Waals surface area contributed by atoms with E-state index in [9.17, 15) is 4.79 Å². The van der Waals surface area contributed by atoms with E-state index in [-0.39, 0.29) is 23.5 Å². The Balaban J connectivity index is 1.68. The van der Waals surface area contributed by atoms with Gasteiger partial charge in [-0.25, -0.2) is 4.98 Å². The summed E-state index contributed by atoms with van der Waals surface area (Å²) in [5.41, 5.74) is 1.10. The third-order valence-corrected chi connectivity index (χ3v) is 5.61. The lowest BCUT2D eigenvalue weighted by Crippen LogP contribution is -2.49. The van der Waals surface area contributed by atoms with E-state index >= 15 is 0 Å². The van der Waals surface area contributed by atoms with Gasteiger partial charge in [0.15, 0.2) is 5.82 Å². The smallest absolute Gasteiger partial charge is 0.242 e. The summed E-state index contributed by atoms with van der Waals surface area (Å²) in [6.07, 6.45) is 0.608. The van der Waals surface area contributed by atoms with Crippen molar-refractivity contribution in [2.24, 2.45) is 0 Å². The summed E-state index contributed by atoms with van der Waals surface area (Å²) in [6.45, 7) is 12.2. The number of amides is 1. The van der Waals surface area contributed by atoms with Crippen molar-refractivity contribution in [2.45, 2.75) is 58.6 Å². The Morgan fingerprint density at radius 2 is 2.26 bits per heavy atom. The molecule has 2 aromatic heterocycles. The minimum atomic E-state index is -0.240. The number of aromatic nitrogens is 2. The van der Waals surface area contributed by atoms with Crippen molar-refractivity contribution in [3.8, 4) is 0 Å². The zero-order valence-electron chi connectivity index (χ0n) is 16.6. The molecule has 2 unspecified atom stereocenters. The number of rotatable bonds is 5. The van der Waals surface area contributed by atoms with Gasteiger partial charge in [-0.05, 0) is 13.3 Å². The van der Waals surface area contributed by atoms with E-state index in [1.54, 1.807) is 24.3 Å². The van der Waals surface area contributed by atoms with Gasteiger partial charge in [-0.15, -0.1) is 11.3 Å². The molecule has 27 heavy (non-hydrogen) atoms. The molecule has 1 aliphatic rings. The van der Waals surface area contributed by atoms with E-state index < -0.39 is 0 Å². The molecule has 3 heterocycles. The van der Waals surface area contributed by atoms with Gasteiger partial charge in [0.25, 0.3) is 0 Å². The fourth-order valence-corrected chi connectivity index (χ4v) is 4.21. The second-order valence-electron chi connectivity index (χ2n) is 7.91. The topological polar surface area (TPSA) is 80.5 Å². The average molecular weight is 393 g/mol. The number of ether oxygens (including phenoxy) is 1. The van der Waals surface area contributed by atoms with Gasteiger partial charge in [0.1, 0.15) is 16.9 Å². The minimum absolute atomic E-state index is 0.0185. The van der Waals surface area contributed by atoms with Gasteiger partial charge in [-0.1, -0.05) is 32.9 Å². The van der Waals surface area contributed by atoms with Gasteiger partial charge in [0, 0.05) is 30.0 Å². The molecule has 8 heteroatoms. The Labute approximate surface area is 164 Å². The Hall–Kier alpha value is -1.77. The van der Waals surface area contributed by atoms with Crippen LogP contribution in [0.1, 0.15) is 56.7 Å². The number of thiazole rings is 1. The van der Waals surface area contributed by atoms with Crippen molar-refractivity contribution in [2.75, 3.05) is 25.0 Å². The second-order valence-corrected chi connectivity index (χ2v) is 8.80. The number of nitrogens with one attached hydrogen (secondary N) is 1. The molecular formula is C19H28N4O3S. The monoisotopic (exact) mass is 392 g/mol. The highest BCUT2D eigenvalue weighted by Crippen LogP contribution is 2.31. The summed E-state index contributed by atoms with van der Waals surface area (Å²) in [7, 11) is 0. The van der Waals surface area contributed by atoms with Crippen LogP contribution in [0.3, 0.4) is 0 Å². The Kier molecular flexibility index (Phi) is 5.98. The first-order valence-electron chi connectivity index (χ1n) is 9.33. The molecule has 2 aromatic rings. The molecular weight excluding hydrogens is 364 g/mol. The quantitative estimate of drug-likeness (QED) is 0.838. The van der Waals surface area contributed by atoms with Crippen LogP contribution in [0, 0.1) is 6.92 Å². The number of carbonyl (C=O) groups is 1. The highest BCUT2D eigenvalue weighted by Gasteiger charge is 2.32. The minimum Gasteiger partial charge on any atom is -0.368 e. The molecule has 0 saturated carbocycles. The number of aryl methyl sites for hydroxylation is 1. The van der Waals surface area contributed by atoms with E-state index in [4.69, 9.17) is 14.2 Å². The van der Waals surface area contributed by atoms with E-state index in [1.807, 2.05) is 6.92 Å². The van der Waals surface area contributed by atoms with E-state index in [0.29, 0.717) is 31.2 Å². The molecule has 0 spiro atoms. The number of anilines is 1. The summed E-state index contributed by atoms with van der Waals surface area (Å²) >= 11 is 1.63. The Bertz CT molecular complexity index is 780. The molecule has 0 radical (unpaired) electrons. The molecule has 3 rings (SSSR count). The lowest BCUT2D eigenvalue weighted by atomic mass is 9.93. The number of morpholine rings is 1. The standard InChI is InChI=1S/C19H28N4O3S/c1-6-13(17(24)21-16-9-12(2)26-22-16)23-7-8-25-14(10-23)18-20-15(11-27-18)19(3,4)5/h9,11,13-14H,6-8,10H2,1-5H3,(H,21,22,24). The van der Waals surface area contributed by atoms with Crippen molar-refractivity contribution >= 4 is 23.1 Å². The highest BCUT2D eigenvalue weighted by atomic mass is 32.1. The first-order chi connectivity index (χ1) is 12.8. The van der Waals surface area contributed by atoms with Crippen LogP contribution in [0.2, 0.25) is 0 Å². The van der Waals surface area contributed by atoms with Gasteiger partial charge < -0.3 is 14.6 Å². The van der Waals surface area contributed by atoms with Crippen LogP contribution in [0.4, 0.5) is 5.82 Å². The normalized spacial score (nSPS) is 19.8. The van der Waals surface area contributed by atoms with Crippen molar-refractivity contribution < 1.29 is 14.1 Å². The number of hydrogen-bond donors (Lipinski definition) is 1. The van der Waals surface area contributed by atoms with Crippen LogP contribution >= 0.6 is 11.3 Å². The van der Waals surface area contributed by atoms with Crippen LogP contribution in [0.15, 0.2) is 16.0 Å². The Morgan fingerprint density at radius 3 is 2.85 bits per heavy atom. The summed E-state index contributed by atoms with van der Waals surface area (Å²) in [5, 5.41) is 9.78. The molecule has 1 N–H and O–H groups in total. The zero-order valence-corrected chi connectivity index (χ0v) is 17.4. The first-order valence-corrected chi connectivity index (χ1v) is 10.2. The third-order valence-electron chi connectivity index (χ3n) is 4.67. The fourth-order valence-electron chi connectivity index (χ4n) is 3.13. The van der Waals surface area contributed by atoms with E-state index in [0.717, 1.165) is 17.2 Å². The molecule has 0 aliphatic carbocycles. The largest absolute Gasteiger partial charge is 0.368 e. The lowest BCUT2D eigenvalue weighted by molar-refractivity contribution is -0.125. The van der Waals surface area contributed by atoms with Crippen molar-refractivity contribution in [1.29, 1.82) is 0 Å². The summed E-state index contributed by atoms with van der Waals surface area (Å²) in [6, 6.07) is 1.48. The van der Waals surface area contributed by atoms with E-state index in [2.05, 4.69) is 41.5 Å². The molecule has 148 valence electrons. The molecule has 1 aliphatic heterocycles. The lowest BCUT2D eigenvalue weighted by Gasteiger charge is -2.36. The van der Waals surface area contributed by atoms with Gasteiger partial charge in [0.05, 0.1) is 18.3 Å².